The summed E-state index contributed by atoms with van der Waals surface area (Å²) in [5.74, 6) is -0.182. The second-order valence-electron chi connectivity index (χ2n) is 5.08. The van der Waals surface area contributed by atoms with Crippen LogP contribution in [-0.2, 0) is 24.4 Å². The maximum atomic E-state index is 13.1. The summed E-state index contributed by atoms with van der Waals surface area (Å²) in [5.41, 5.74) is 4.55. The summed E-state index contributed by atoms with van der Waals surface area (Å²) in [5, 5.41) is 3.42. The molecule has 21 heavy (non-hydrogen) atoms. The van der Waals surface area contributed by atoms with Crippen molar-refractivity contribution in [1.82, 2.24) is 5.32 Å². The van der Waals surface area contributed by atoms with Gasteiger partial charge in [0.05, 0.1) is 6.61 Å². The average molecular weight is 287 g/mol. The maximum Gasteiger partial charge on any atom is 0.123 e. The van der Waals surface area contributed by atoms with Crippen molar-refractivity contribution in [3.8, 4) is 0 Å². The molecule has 112 valence electrons. The molecule has 0 amide bonds. The summed E-state index contributed by atoms with van der Waals surface area (Å²) in [4.78, 5) is 0. The second kappa shape index (κ2) is 7.91. The minimum Gasteiger partial charge on any atom is -0.377 e. The van der Waals surface area contributed by atoms with E-state index in [-0.39, 0.29) is 5.82 Å². The maximum absolute atomic E-state index is 13.1. The number of aryl methyl sites for hydroxylation is 1. The number of rotatable bonds is 7. The second-order valence-corrected chi connectivity index (χ2v) is 5.08. The molecule has 0 unspecified atom stereocenters. The Balaban J connectivity index is 1.94. The quantitative estimate of drug-likeness (QED) is 0.832. The molecule has 0 radical (unpaired) electrons. The van der Waals surface area contributed by atoms with Gasteiger partial charge in [0.1, 0.15) is 5.82 Å². The SMILES string of the molecule is CCOCc1ccccc1CNCc1ccc(F)cc1C. The number of hydrogen-bond donors (Lipinski definition) is 1. The third-order valence-corrected chi connectivity index (χ3v) is 3.52. The fraction of sp³-hybridized carbons (Fsp3) is 0.333. The monoisotopic (exact) mass is 287 g/mol. The zero-order valence-corrected chi connectivity index (χ0v) is 12.7. The van der Waals surface area contributed by atoms with Crippen molar-refractivity contribution in [2.24, 2.45) is 0 Å². The Morgan fingerprint density at radius 2 is 1.71 bits per heavy atom. The predicted octanol–water partition coefficient (Wildman–Crippen LogP) is 3.96. The Morgan fingerprint density at radius 1 is 1.00 bits per heavy atom. The van der Waals surface area contributed by atoms with Gasteiger partial charge in [0.25, 0.3) is 0 Å². The Hall–Kier alpha value is -1.71. The highest BCUT2D eigenvalue weighted by Gasteiger charge is 2.03. The van der Waals surface area contributed by atoms with E-state index in [1.165, 1.54) is 17.2 Å². The fourth-order valence-electron chi connectivity index (χ4n) is 2.27. The van der Waals surface area contributed by atoms with Gasteiger partial charge >= 0.3 is 0 Å². The van der Waals surface area contributed by atoms with E-state index in [1.807, 2.05) is 32.0 Å². The first kappa shape index (κ1) is 15.7. The van der Waals surface area contributed by atoms with Crippen LogP contribution in [0.4, 0.5) is 4.39 Å². The largest absolute Gasteiger partial charge is 0.377 e. The minimum atomic E-state index is -0.182. The Morgan fingerprint density at radius 3 is 2.43 bits per heavy atom. The molecule has 0 heterocycles. The molecule has 0 aliphatic carbocycles. The van der Waals surface area contributed by atoms with E-state index in [4.69, 9.17) is 4.74 Å². The first-order chi connectivity index (χ1) is 10.2. The average Bonchev–Trinajstić information content (AvgIpc) is 2.48. The van der Waals surface area contributed by atoms with Crippen molar-refractivity contribution in [3.05, 3.63) is 70.5 Å². The first-order valence-corrected chi connectivity index (χ1v) is 7.31. The van der Waals surface area contributed by atoms with Crippen molar-refractivity contribution in [1.29, 1.82) is 0 Å². The van der Waals surface area contributed by atoms with Gasteiger partial charge in [-0.25, -0.2) is 4.39 Å². The molecule has 2 aromatic carbocycles. The number of nitrogens with one attached hydrogen (secondary N) is 1. The lowest BCUT2D eigenvalue weighted by Crippen LogP contribution is -2.15. The summed E-state index contributed by atoms with van der Waals surface area (Å²) in [7, 11) is 0. The van der Waals surface area contributed by atoms with E-state index in [0.29, 0.717) is 6.61 Å². The standard InChI is InChI=1S/C18H22FNO/c1-3-21-13-17-7-5-4-6-16(17)12-20-11-15-8-9-18(19)10-14(15)2/h4-10,20H,3,11-13H2,1-2H3. The van der Waals surface area contributed by atoms with E-state index >= 15 is 0 Å². The molecule has 0 saturated carbocycles. The van der Waals surface area contributed by atoms with Gasteiger partial charge in [-0.1, -0.05) is 30.3 Å². The van der Waals surface area contributed by atoms with Crippen molar-refractivity contribution in [2.45, 2.75) is 33.5 Å². The summed E-state index contributed by atoms with van der Waals surface area (Å²) >= 11 is 0. The molecule has 2 rings (SSSR count). The van der Waals surface area contributed by atoms with Crippen LogP contribution in [0, 0.1) is 12.7 Å². The molecule has 0 aliphatic rings. The lowest BCUT2D eigenvalue weighted by atomic mass is 10.1. The molecule has 0 saturated heterocycles. The molecule has 0 atom stereocenters. The molecular weight excluding hydrogens is 265 g/mol. The molecule has 2 nitrogen and oxygen atoms in total. The molecule has 0 aliphatic heterocycles. The summed E-state index contributed by atoms with van der Waals surface area (Å²) in [6.07, 6.45) is 0. The highest BCUT2D eigenvalue weighted by molar-refractivity contribution is 5.28. The van der Waals surface area contributed by atoms with E-state index < -0.39 is 0 Å². The van der Waals surface area contributed by atoms with Crippen LogP contribution in [0.5, 0.6) is 0 Å². The zero-order chi connectivity index (χ0) is 15.1. The van der Waals surface area contributed by atoms with Crippen LogP contribution < -0.4 is 5.32 Å². The molecule has 3 heteroatoms. The Kier molecular flexibility index (Phi) is 5.90. The van der Waals surface area contributed by atoms with E-state index in [9.17, 15) is 4.39 Å². The summed E-state index contributed by atoms with van der Waals surface area (Å²) in [6.45, 7) is 6.80. The van der Waals surface area contributed by atoms with Crippen LogP contribution in [-0.4, -0.2) is 6.61 Å². The van der Waals surface area contributed by atoms with E-state index in [0.717, 1.165) is 30.8 Å². The summed E-state index contributed by atoms with van der Waals surface area (Å²) < 4.78 is 18.6. The van der Waals surface area contributed by atoms with Gasteiger partial charge in [0, 0.05) is 19.7 Å². The topological polar surface area (TPSA) is 21.3 Å². The number of ether oxygens (including phenoxy) is 1. The Bertz CT molecular complexity index is 583. The highest BCUT2D eigenvalue weighted by atomic mass is 19.1. The zero-order valence-electron chi connectivity index (χ0n) is 12.7. The van der Waals surface area contributed by atoms with Gasteiger partial charge in [-0.15, -0.1) is 0 Å². The van der Waals surface area contributed by atoms with Crippen LogP contribution in [0.15, 0.2) is 42.5 Å². The fourth-order valence-corrected chi connectivity index (χ4v) is 2.27. The van der Waals surface area contributed by atoms with Crippen molar-refractivity contribution < 1.29 is 9.13 Å². The molecule has 0 aromatic heterocycles. The lowest BCUT2D eigenvalue weighted by Gasteiger charge is -2.12. The van der Waals surface area contributed by atoms with E-state index in [1.54, 1.807) is 6.07 Å². The molecule has 0 spiro atoms. The van der Waals surface area contributed by atoms with Crippen LogP contribution in [0.3, 0.4) is 0 Å². The predicted molar refractivity (Wildman–Crippen MR) is 83.5 cm³/mol. The minimum absolute atomic E-state index is 0.182. The lowest BCUT2D eigenvalue weighted by molar-refractivity contribution is 0.133. The third-order valence-electron chi connectivity index (χ3n) is 3.52. The number of benzene rings is 2. The number of halogens is 1. The number of hydrogen-bond acceptors (Lipinski definition) is 2. The van der Waals surface area contributed by atoms with Gasteiger partial charge in [0.2, 0.25) is 0 Å². The van der Waals surface area contributed by atoms with Gasteiger partial charge in [-0.05, 0) is 48.2 Å². The van der Waals surface area contributed by atoms with Crippen LogP contribution in [0.1, 0.15) is 29.2 Å². The molecule has 2 aromatic rings. The molecule has 1 N–H and O–H groups in total. The van der Waals surface area contributed by atoms with E-state index in [2.05, 4.69) is 17.4 Å². The van der Waals surface area contributed by atoms with Crippen LogP contribution in [0.2, 0.25) is 0 Å². The first-order valence-electron chi connectivity index (χ1n) is 7.31. The summed E-state index contributed by atoms with van der Waals surface area (Å²) in [6, 6.07) is 13.2. The van der Waals surface area contributed by atoms with Gasteiger partial charge in [-0.3, -0.25) is 0 Å². The van der Waals surface area contributed by atoms with Gasteiger partial charge < -0.3 is 10.1 Å². The third kappa shape index (κ3) is 4.66. The van der Waals surface area contributed by atoms with Crippen molar-refractivity contribution >= 4 is 0 Å². The normalized spacial score (nSPS) is 10.8. The van der Waals surface area contributed by atoms with Gasteiger partial charge in [0.15, 0.2) is 0 Å². The highest BCUT2D eigenvalue weighted by Crippen LogP contribution is 2.12. The van der Waals surface area contributed by atoms with Crippen molar-refractivity contribution in [3.63, 3.8) is 0 Å². The Labute approximate surface area is 126 Å². The molecular formula is C18H22FNO. The van der Waals surface area contributed by atoms with Gasteiger partial charge in [-0.2, -0.15) is 0 Å². The molecule has 0 bridgehead atoms. The van der Waals surface area contributed by atoms with Crippen molar-refractivity contribution in [2.75, 3.05) is 6.61 Å². The van der Waals surface area contributed by atoms with Crippen LogP contribution in [0.25, 0.3) is 0 Å². The van der Waals surface area contributed by atoms with Crippen LogP contribution >= 0.6 is 0 Å². The molecule has 0 fully saturated rings. The smallest absolute Gasteiger partial charge is 0.123 e.